The minimum atomic E-state index is 0.223. The minimum Gasteiger partial charge on any atom is -0.353 e. The second-order valence-corrected chi connectivity index (χ2v) is 5.98. The highest BCUT2D eigenvalue weighted by Gasteiger charge is 2.20. The summed E-state index contributed by atoms with van der Waals surface area (Å²) < 4.78 is 0. The van der Waals surface area contributed by atoms with Crippen LogP contribution in [0.3, 0.4) is 0 Å². The van der Waals surface area contributed by atoms with Gasteiger partial charge in [0.1, 0.15) is 0 Å². The number of hydrogen-bond donors (Lipinski definition) is 1. The third kappa shape index (κ3) is 5.76. The van der Waals surface area contributed by atoms with E-state index in [-0.39, 0.29) is 11.9 Å². The summed E-state index contributed by atoms with van der Waals surface area (Å²) in [6.45, 7) is 4.27. The van der Waals surface area contributed by atoms with Crippen LogP contribution in [0.4, 0.5) is 0 Å². The van der Waals surface area contributed by atoms with Crippen LogP contribution in [0.15, 0.2) is 0 Å². The Balaban J connectivity index is 2.30. The van der Waals surface area contributed by atoms with Crippen molar-refractivity contribution in [1.82, 2.24) is 5.32 Å². The molecule has 2 nitrogen and oxygen atoms in total. The second kappa shape index (κ2) is 7.97. The van der Waals surface area contributed by atoms with Crippen LogP contribution in [-0.4, -0.2) is 17.8 Å². The van der Waals surface area contributed by atoms with Gasteiger partial charge in [0.25, 0.3) is 0 Å². The average Bonchev–Trinajstić information content (AvgIpc) is 2.29. The van der Waals surface area contributed by atoms with Gasteiger partial charge in [-0.15, -0.1) is 11.6 Å². The van der Waals surface area contributed by atoms with E-state index in [0.717, 1.165) is 6.42 Å². The molecule has 0 heterocycles. The highest BCUT2D eigenvalue weighted by Crippen LogP contribution is 2.26. The first kappa shape index (κ1) is 14.8. The van der Waals surface area contributed by atoms with Gasteiger partial charge in [-0.3, -0.25) is 4.79 Å². The summed E-state index contributed by atoms with van der Waals surface area (Å²) in [4.78, 5) is 11.9. The number of carbonyl (C=O) groups excluding carboxylic acids is 1. The highest BCUT2D eigenvalue weighted by molar-refractivity contribution is 6.17. The SMILES string of the molecule is CC(C)C(CCCl)NC(=O)CC1CCCCC1. The molecule has 1 atom stereocenters. The molecule has 100 valence electrons. The molecule has 1 aliphatic rings. The summed E-state index contributed by atoms with van der Waals surface area (Å²) in [7, 11) is 0. The van der Waals surface area contributed by atoms with Gasteiger partial charge in [-0.2, -0.15) is 0 Å². The van der Waals surface area contributed by atoms with Crippen molar-refractivity contribution in [2.75, 3.05) is 5.88 Å². The van der Waals surface area contributed by atoms with Crippen LogP contribution in [-0.2, 0) is 4.79 Å². The maximum Gasteiger partial charge on any atom is 0.220 e. The predicted molar refractivity (Wildman–Crippen MR) is 73.3 cm³/mol. The molecule has 1 fully saturated rings. The van der Waals surface area contributed by atoms with Gasteiger partial charge in [-0.05, 0) is 31.1 Å². The van der Waals surface area contributed by atoms with Crippen LogP contribution in [0.5, 0.6) is 0 Å². The van der Waals surface area contributed by atoms with Gasteiger partial charge in [0, 0.05) is 18.3 Å². The number of amides is 1. The Morgan fingerprint density at radius 2 is 1.94 bits per heavy atom. The standard InChI is InChI=1S/C14H26ClNO/c1-11(2)13(8-9-15)16-14(17)10-12-6-4-3-5-7-12/h11-13H,3-10H2,1-2H3,(H,16,17). The van der Waals surface area contributed by atoms with Gasteiger partial charge in [-0.25, -0.2) is 0 Å². The molecule has 0 radical (unpaired) electrons. The molecular weight excluding hydrogens is 234 g/mol. The van der Waals surface area contributed by atoms with E-state index in [1.165, 1.54) is 32.1 Å². The molecule has 1 unspecified atom stereocenters. The van der Waals surface area contributed by atoms with Crippen molar-refractivity contribution in [2.45, 2.75) is 64.8 Å². The normalized spacial score (nSPS) is 19.3. The first-order chi connectivity index (χ1) is 8.13. The molecule has 1 rings (SSSR count). The van der Waals surface area contributed by atoms with Gasteiger partial charge in [0.2, 0.25) is 5.91 Å². The molecule has 0 aromatic rings. The Kier molecular flexibility index (Phi) is 6.94. The molecular formula is C14H26ClNO. The first-order valence-electron chi connectivity index (χ1n) is 6.98. The number of hydrogen-bond acceptors (Lipinski definition) is 1. The number of nitrogens with one attached hydrogen (secondary N) is 1. The molecule has 0 aliphatic heterocycles. The zero-order chi connectivity index (χ0) is 12.7. The van der Waals surface area contributed by atoms with Crippen LogP contribution in [0.2, 0.25) is 0 Å². The average molecular weight is 260 g/mol. The monoisotopic (exact) mass is 259 g/mol. The molecule has 1 saturated carbocycles. The molecule has 1 amide bonds. The van der Waals surface area contributed by atoms with Crippen molar-refractivity contribution in [2.24, 2.45) is 11.8 Å². The van der Waals surface area contributed by atoms with Gasteiger partial charge >= 0.3 is 0 Å². The first-order valence-corrected chi connectivity index (χ1v) is 7.52. The zero-order valence-corrected chi connectivity index (χ0v) is 11.9. The smallest absolute Gasteiger partial charge is 0.220 e. The summed E-state index contributed by atoms with van der Waals surface area (Å²) in [6.07, 6.45) is 7.99. The Labute approximate surface area is 110 Å². The molecule has 3 heteroatoms. The lowest BCUT2D eigenvalue weighted by Gasteiger charge is -2.25. The van der Waals surface area contributed by atoms with Crippen molar-refractivity contribution >= 4 is 17.5 Å². The van der Waals surface area contributed by atoms with Crippen LogP contribution < -0.4 is 5.32 Å². The predicted octanol–water partition coefficient (Wildman–Crippen LogP) is 3.73. The Hall–Kier alpha value is -0.240. The topological polar surface area (TPSA) is 29.1 Å². The Morgan fingerprint density at radius 3 is 2.47 bits per heavy atom. The van der Waals surface area contributed by atoms with Gasteiger partial charge < -0.3 is 5.32 Å². The summed E-state index contributed by atoms with van der Waals surface area (Å²) in [5, 5.41) is 3.14. The molecule has 0 aromatic carbocycles. The summed E-state index contributed by atoms with van der Waals surface area (Å²) >= 11 is 5.76. The zero-order valence-electron chi connectivity index (χ0n) is 11.2. The van der Waals surface area contributed by atoms with E-state index < -0.39 is 0 Å². The van der Waals surface area contributed by atoms with E-state index in [2.05, 4.69) is 19.2 Å². The maximum absolute atomic E-state index is 11.9. The molecule has 0 saturated heterocycles. The lowest BCUT2D eigenvalue weighted by Crippen LogP contribution is -2.39. The summed E-state index contributed by atoms with van der Waals surface area (Å²) in [5.74, 6) is 1.92. The van der Waals surface area contributed by atoms with Crippen molar-refractivity contribution in [3.63, 3.8) is 0 Å². The summed E-state index contributed by atoms with van der Waals surface area (Å²) in [5.41, 5.74) is 0. The molecule has 1 aliphatic carbocycles. The number of alkyl halides is 1. The number of halogens is 1. The largest absolute Gasteiger partial charge is 0.353 e. The summed E-state index contributed by atoms with van der Waals surface area (Å²) in [6, 6.07) is 0.239. The Morgan fingerprint density at radius 1 is 1.29 bits per heavy atom. The van der Waals surface area contributed by atoms with E-state index in [9.17, 15) is 4.79 Å². The number of rotatable bonds is 6. The number of carbonyl (C=O) groups is 1. The van der Waals surface area contributed by atoms with E-state index >= 15 is 0 Å². The Bertz CT molecular complexity index is 224. The fraction of sp³-hybridized carbons (Fsp3) is 0.929. The van der Waals surface area contributed by atoms with Crippen LogP contribution in [0.25, 0.3) is 0 Å². The second-order valence-electron chi connectivity index (χ2n) is 5.60. The van der Waals surface area contributed by atoms with E-state index in [0.29, 0.717) is 24.1 Å². The molecule has 0 bridgehead atoms. The van der Waals surface area contributed by atoms with Crippen molar-refractivity contribution in [1.29, 1.82) is 0 Å². The van der Waals surface area contributed by atoms with Crippen molar-refractivity contribution in [3.8, 4) is 0 Å². The van der Waals surface area contributed by atoms with Crippen LogP contribution in [0.1, 0.15) is 58.8 Å². The quantitative estimate of drug-likeness (QED) is 0.724. The fourth-order valence-corrected chi connectivity index (χ4v) is 2.84. The lowest BCUT2D eigenvalue weighted by atomic mass is 9.86. The van der Waals surface area contributed by atoms with Crippen molar-refractivity contribution in [3.05, 3.63) is 0 Å². The third-order valence-electron chi connectivity index (χ3n) is 3.77. The molecule has 17 heavy (non-hydrogen) atoms. The minimum absolute atomic E-state index is 0.223. The van der Waals surface area contributed by atoms with Gasteiger partial charge in [-0.1, -0.05) is 33.1 Å². The maximum atomic E-state index is 11.9. The molecule has 1 N–H and O–H groups in total. The fourth-order valence-electron chi connectivity index (χ4n) is 2.61. The van der Waals surface area contributed by atoms with E-state index in [1.807, 2.05) is 0 Å². The van der Waals surface area contributed by atoms with Crippen LogP contribution in [0, 0.1) is 11.8 Å². The van der Waals surface area contributed by atoms with Gasteiger partial charge in [0.05, 0.1) is 0 Å². The van der Waals surface area contributed by atoms with Crippen molar-refractivity contribution < 1.29 is 4.79 Å². The van der Waals surface area contributed by atoms with Crippen LogP contribution >= 0.6 is 11.6 Å². The molecule has 0 spiro atoms. The highest BCUT2D eigenvalue weighted by atomic mass is 35.5. The van der Waals surface area contributed by atoms with E-state index in [1.54, 1.807) is 0 Å². The van der Waals surface area contributed by atoms with E-state index in [4.69, 9.17) is 11.6 Å². The lowest BCUT2D eigenvalue weighted by molar-refractivity contribution is -0.123. The third-order valence-corrected chi connectivity index (χ3v) is 3.99. The molecule has 0 aromatic heterocycles. The van der Waals surface area contributed by atoms with Gasteiger partial charge in [0.15, 0.2) is 0 Å².